The number of carbonyl (C=O) groups excluding carboxylic acids is 2. The predicted molar refractivity (Wildman–Crippen MR) is 123 cm³/mol. The van der Waals surface area contributed by atoms with Gasteiger partial charge in [-0.05, 0) is 55.7 Å². The molecule has 4 rings (SSSR count). The first-order chi connectivity index (χ1) is 16.0. The van der Waals surface area contributed by atoms with E-state index in [9.17, 15) is 22.8 Å². The standard InChI is InChI=1S/C26H21F3N2O3/c1-15-10-12-18(13-11-15)22-23(30-19-7-5-8-20(14-19)34-26(27,28)29)25(33)31(24(22)32)21-9-4-6-16(2)17(21)3/h4-14,30H,1-3H3. The highest BCUT2D eigenvalue weighted by Gasteiger charge is 2.41. The van der Waals surface area contributed by atoms with E-state index in [-0.39, 0.29) is 17.0 Å². The topological polar surface area (TPSA) is 58.6 Å². The second-order valence-electron chi connectivity index (χ2n) is 7.98. The number of halogens is 3. The molecule has 0 unspecified atom stereocenters. The summed E-state index contributed by atoms with van der Waals surface area (Å²) in [5.41, 5.74) is 3.89. The van der Waals surface area contributed by atoms with Crippen molar-refractivity contribution in [3.05, 3.63) is 94.7 Å². The van der Waals surface area contributed by atoms with Gasteiger partial charge in [-0.2, -0.15) is 0 Å². The number of anilines is 2. The van der Waals surface area contributed by atoms with E-state index in [1.54, 1.807) is 24.3 Å². The molecule has 0 saturated heterocycles. The minimum atomic E-state index is -4.86. The van der Waals surface area contributed by atoms with Crippen LogP contribution >= 0.6 is 0 Å². The summed E-state index contributed by atoms with van der Waals surface area (Å²) < 4.78 is 42.0. The third-order valence-electron chi connectivity index (χ3n) is 5.58. The summed E-state index contributed by atoms with van der Waals surface area (Å²) in [4.78, 5) is 28.2. The predicted octanol–water partition coefficient (Wildman–Crippen LogP) is 5.91. The summed E-state index contributed by atoms with van der Waals surface area (Å²) >= 11 is 0. The second-order valence-corrected chi connectivity index (χ2v) is 7.98. The van der Waals surface area contributed by atoms with Crippen molar-refractivity contribution in [3.63, 3.8) is 0 Å². The molecule has 1 aliphatic heterocycles. The van der Waals surface area contributed by atoms with Crippen LogP contribution in [0.25, 0.3) is 5.57 Å². The molecule has 3 aromatic carbocycles. The monoisotopic (exact) mass is 466 g/mol. The Morgan fingerprint density at radius 2 is 1.53 bits per heavy atom. The number of imide groups is 1. The lowest BCUT2D eigenvalue weighted by Gasteiger charge is -2.19. The SMILES string of the molecule is Cc1ccc(C2=C(Nc3cccc(OC(F)(F)F)c3)C(=O)N(c3cccc(C)c3C)C2=O)cc1. The average Bonchev–Trinajstić information content (AvgIpc) is 2.99. The number of carbonyl (C=O) groups is 2. The molecular weight excluding hydrogens is 445 g/mol. The number of ether oxygens (including phenoxy) is 1. The van der Waals surface area contributed by atoms with Crippen molar-refractivity contribution in [2.45, 2.75) is 27.1 Å². The number of rotatable bonds is 5. The molecule has 0 radical (unpaired) electrons. The van der Waals surface area contributed by atoms with Gasteiger partial charge >= 0.3 is 6.36 Å². The molecule has 0 aliphatic carbocycles. The van der Waals surface area contributed by atoms with Crippen LogP contribution in [0.2, 0.25) is 0 Å². The average molecular weight is 466 g/mol. The molecule has 0 fully saturated rings. The van der Waals surface area contributed by atoms with Crippen molar-refractivity contribution >= 4 is 28.8 Å². The Morgan fingerprint density at radius 3 is 2.21 bits per heavy atom. The normalized spacial score (nSPS) is 14.1. The number of amides is 2. The molecule has 0 bridgehead atoms. The van der Waals surface area contributed by atoms with E-state index in [0.29, 0.717) is 11.3 Å². The lowest BCUT2D eigenvalue weighted by molar-refractivity contribution is -0.274. The van der Waals surface area contributed by atoms with Gasteiger partial charge in [-0.25, -0.2) is 4.90 Å². The summed E-state index contributed by atoms with van der Waals surface area (Å²) in [7, 11) is 0. The quantitative estimate of drug-likeness (QED) is 0.475. The fourth-order valence-electron chi connectivity index (χ4n) is 3.75. The first kappa shape index (κ1) is 23.1. The van der Waals surface area contributed by atoms with Gasteiger partial charge < -0.3 is 10.1 Å². The summed E-state index contributed by atoms with van der Waals surface area (Å²) in [6, 6.07) is 17.5. The van der Waals surface area contributed by atoms with Crippen LogP contribution in [0, 0.1) is 20.8 Å². The fraction of sp³-hybridized carbons (Fsp3) is 0.154. The van der Waals surface area contributed by atoms with Crippen LogP contribution in [0.3, 0.4) is 0 Å². The number of alkyl halides is 3. The zero-order valence-corrected chi connectivity index (χ0v) is 18.7. The van der Waals surface area contributed by atoms with E-state index in [0.717, 1.165) is 33.7 Å². The van der Waals surface area contributed by atoms with E-state index in [2.05, 4.69) is 10.1 Å². The van der Waals surface area contributed by atoms with Crippen molar-refractivity contribution in [2.75, 3.05) is 10.2 Å². The summed E-state index contributed by atoms with van der Waals surface area (Å²) in [5, 5.41) is 2.86. The van der Waals surface area contributed by atoms with Crippen LogP contribution < -0.4 is 15.0 Å². The maximum atomic E-state index is 13.6. The molecule has 174 valence electrons. The molecule has 0 aromatic heterocycles. The third-order valence-corrected chi connectivity index (χ3v) is 5.58. The Labute approximate surface area is 194 Å². The van der Waals surface area contributed by atoms with E-state index in [1.165, 1.54) is 12.1 Å². The van der Waals surface area contributed by atoms with Gasteiger partial charge in [-0.3, -0.25) is 9.59 Å². The highest BCUT2D eigenvalue weighted by Crippen LogP contribution is 2.36. The van der Waals surface area contributed by atoms with E-state index in [1.807, 2.05) is 39.0 Å². The van der Waals surface area contributed by atoms with Crippen LogP contribution in [-0.2, 0) is 9.59 Å². The minimum Gasteiger partial charge on any atom is -0.406 e. The van der Waals surface area contributed by atoms with Gasteiger partial charge in [0.15, 0.2) is 0 Å². The zero-order chi connectivity index (χ0) is 24.6. The van der Waals surface area contributed by atoms with E-state index in [4.69, 9.17) is 0 Å². The van der Waals surface area contributed by atoms with Gasteiger partial charge in [0.1, 0.15) is 11.4 Å². The van der Waals surface area contributed by atoms with Crippen LogP contribution in [0.5, 0.6) is 5.75 Å². The van der Waals surface area contributed by atoms with Gasteiger partial charge in [0, 0.05) is 11.8 Å². The maximum absolute atomic E-state index is 13.6. The molecule has 3 aromatic rings. The Kier molecular flexibility index (Phi) is 5.91. The number of nitrogens with zero attached hydrogens (tertiary/aromatic N) is 1. The molecule has 8 heteroatoms. The molecular formula is C26H21F3N2O3. The van der Waals surface area contributed by atoms with Crippen LogP contribution in [0.1, 0.15) is 22.3 Å². The Balaban J connectivity index is 1.80. The third kappa shape index (κ3) is 4.52. The highest BCUT2D eigenvalue weighted by molar-refractivity contribution is 6.46. The van der Waals surface area contributed by atoms with Gasteiger partial charge in [-0.1, -0.05) is 48.0 Å². The zero-order valence-electron chi connectivity index (χ0n) is 18.7. The second kappa shape index (κ2) is 8.70. The molecule has 0 spiro atoms. The fourth-order valence-corrected chi connectivity index (χ4v) is 3.75. The lowest BCUT2D eigenvalue weighted by atomic mass is 10.0. The van der Waals surface area contributed by atoms with Crippen LogP contribution in [0.15, 0.2) is 72.4 Å². The van der Waals surface area contributed by atoms with Crippen molar-refractivity contribution < 1.29 is 27.5 Å². The molecule has 0 saturated carbocycles. The van der Waals surface area contributed by atoms with Crippen LogP contribution in [0.4, 0.5) is 24.5 Å². The Morgan fingerprint density at radius 1 is 0.853 bits per heavy atom. The van der Waals surface area contributed by atoms with Gasteiger partial charge in [0.25, 0.3) is 11.8 Å². The largest absolute Gasteiger partial charge is 0.573 e. The molecule has 1 heterocycles. The van der Waals surface area contributed by atoms with Crippen molar-refractivity contribution in [1.82, 2.24) is 0 Å². The first-order valence-electron chi connectivity index (χ1n) is 10.4. The van der Waals surface area contributed by atoms with Gasteiger partial charge in [-0.15, -0.1) is 13.2 Å². The molecule has 1 N–H and O–H groups in total. The summed E-state index contributed by atoms with van der Waals surface area (Å²) in [5.74, 6) is -1.57. The van der Waals surface area contributed by atoms with E-state index < -0.39 is 23.9 Å². The highest BCUT2D eigenvalue weighted by atomic mass is 19.4. The Bertz CT molecular complexity index is 1310. The Hall–Kier alpha value is -4.07. The molecule has 5 nitrogen and oxygen atoms in total. The maximum Gasteiger partial charge on any atom is 0.573 e. The number of hydrogen-bond donors (Lipinski definition) is 1. The van der Waals surface area contributed by atoms with Gasteiger partial charge in [0.05, 0.1) is 11.3 Å². The summed E-state index contributed by atoms with van der Waals surface area (Å²) in [6.45, 7) is 5.59. The first-order valence-corrected chi connectivity index (χ1v) is 10.4. The molecule has 1 aliphatic rings. The lowest BCUT2D eigenvalue weighted by Crippen LogP contribution is -2.33. The van der Waals surface area contributed by atoms with Crippen molar-refractivity contribution in [2.24, 2.45) is 0 Å². The molecule has 34 heavy (non-hydrogen) atoms. The molecule has 2 amide bonds. The number of aryl methyl sites for hydroxylation is 2. The van der Waals surface area contributed by atoms with Crippen molar-refractivity contribution in [3.8, 4) is 5.75 Å². The minimum absolute atomic E-state index is 0.0288. The smallest absolute Gasteiger partial charge is 0.406 e. The molecule has 0 atom stereocenters. The summed E-state index contributed by atoms with van der Waals surface area (Å²) in [6.07, 6.45) is -4.86. The van der Waals surface area contributed by atoms with E-state index >= 15 is 0 Å². The van der Waals surface area contributed by atoms with Crippen molar-refractivity contribution in [1.29, 1.82) is 0 Å². The number of benzene rings is 3. The number of hydrogen-bond acceptors (Lipinski definition) is 4. The van der Waals surface area contributed by atoms with Crippen LogP contribution in [-0.4, -0.2) is 18.2 Å². The van der Waals surface area contributed by atoms with Gasteiger partial charge in [0.2, 0.25) is 0 Å². The number of nitrogens with one attached hydrogen (secondary N) is 1.